The van der Waals surface area contributed by atoms with Crippen molar-refractivity contribution in [3.63, 3.8) is 0 Å². The number of carbonyl (C=O) groups is 2. The standard InChI is InChI=1S/C19H19IO4/c1-23-16-11-8-14(9-12-16)10-13-17(21)18(19(22)24-2)20-15-6-4-3-5-7-15/h3-9,11-12H,10,13H2,1-2H3. The molecule has 24 heavy (non-hydrogen) atoms. The van der Waals surface area contributed by atoms with Gasteiger partial charge >= 0.3 is 5.97 Å². The summed E-state index contributed by atoms with van der Waals surface area (Å²) in [5, 5.41) is 0. The number of aryl methyl sites for hydroxylation is 1. The normalized spacial score (nSPS) is 11.3. The second-order valence-corrected chi connectivity index (χ2v) is 7.83. The number of ketones is 1. The topological polar surface area (TPSA) is 52.6 Å². The molecule has 2 aromatic carbocycles. The summed E-state index contributed by atoms with van der Waals surface area (Å²) in [6.45, 7) is 0. The third-order valence-electron chi connectivity index (χ3n) is 3.35. The first-order chi connectivity index (χ1) is 11.6. The van der Waals surface area contributed by atoms with Crippen LogP contribution in [0.1, 0.15) is 12.0 Å². The highest BCUT2D eigenvalue weighted by Crippen LogP contribution is 2.17. The number of hydrogen-bond donors (Lipinski definition) is 0. The lowest BCUT2D eigenvalue weighted by Gasteiger charge is -2.06. The van der Waals surface area contributed by atoms with Crippen LogP contribution in [-0.2, 0) is 20.7 Å². The molecule has 2 aromatic rings. The van der Waals surface area contributed by atoms with Crippen LogP contribution >= 0.6 is 20.7 Å². The maximum Gasteiger partial charge on any atom is 0.347 e. The summed E-state index contributed by atoms with van der Waals surface area (Å²) in [7, 11) is 2.93. The molecule has 0 radical (unpaired) electrons. The van der Waals surface area contributed by atoms with Crippen molar-refractivity contribution in [1.82, 2.24) is 0 Å². The fourth-order valence-corrected chi connectivity index (χ4v) is 4.45. The van der Waals surface area contributed by atoms with Gasteiger partial charge in [0.25, 0.3) is 0 Å². The lowest BCUT2D eigenvalue weighted by Crippen LogP contribution is -2.24. The summed E-state index contributed by atoms with van der Waals surface area (Å²) in [6, 6.07) is 17.2. The van der Waals surface area contributed by atoms with Gasteiger partial charge in [-0.25, -0.2) is 4.79 Å². The lowest BCUT2D eigenvalue weighted by molar-refractivity contribution is -0.133. The molecule has 0 spiro atoms. The average Bonchev–Trinajstić information content (AvgIpc) is 2.64. The first-order valence-electron chi connectivity index (χ1n) is 7.45. The Balaban J connectivity index is 2.10. The van der Waals surface area contributed by atoms with Crippen LogP contribution in [0.15, 0.2) is 54.6 Å². The van der Waals surface area contributed by atoms with Crippen LogP contribution in [-0.4, -0.2) is 29.5 Å². The Labute approximate surface area is 151 Å². The highest BCUT2D eigenvalue weighted by atomic mass is 127. The molecule has 0 aliphatic heterocycles. The quantitative estimate of drug-likeness (QED) is 0.378. The molecule has 0 N–H and O–H groups in total. The summed E-state index contributed by atoms with van der Waals surface area (Å²) >= 11 is -0.844. The molecular weight excluding hydrogens is 419 g/mol. The minimum Gasteiger partial charge on any atom is -0.497 e. The zero-order valence-electron chi connectivity index (χ0n) is 13.6. The van der Waals surface area contributed by atoms with Crippen LogP contribution < -0.4 is 4.74 Å². The smallest absolute Gasteiger partial charge is 0.347 e. The van der Waals surface area contributed by atoms with Gasteiger partial charge in [0, 0.05) is 9.99 Å². The zero-order valence-corrected chi connectivity index (χ0v) is 15.8. The third kappa shape index (κ3) is 5.26. The van der Waals surface area contributed by atoms with Crippen molar-refractivity contribution in [3.05, 3.63) is 63.7 Å². The van der Waals surface area contributed by atoms with Gasteiger partial charge in [-0.2, -0.15) is 0 Å². The number of methoxy groups -OCH3 is 2. The number of halogens is 1. The molecule has 0 aromatic heterocycles. The van der Waals surface area contributed by atoms with Crippen molar-refractivity contribution < 1.29 is 19.1 Å². The van der Waals surface area contributed by atoms with E-state index in [1.165, 1.54) is 7.11 Å². The molecule has 0 saturated carbocycles. The average molecular weight is 438 g/mol. The summed E-state index contributed by atoms with van der Waals surface area (Å²) < 4.78 is 11.2. The minimum absolute atomic E-state index is 0.130. The minimum atomic E-state index is -0.844. The van der Waals surface area contributed by atoms with E-state index >= 15 is 0 Å². The summed E-state index contributed by atoms with van der Waals surface area (Å²) in [4.78, 5) is 24.5. The van der Waals surface area contributed by atoms with Gasteiger partial charge in [0.15, 0.2) is 5.78 Å². The van der Waals surface area contributed by atoms with Gasteiger partial charge in [-0.15, -0.1) is 0 Å². The Morgan fingerprint density at radius 2 is 1.62 bits per heavy atom. The van der Waals surface area contributed by atoms with Crippen LogP contribution in [0, 0.1) is 3.57 Å². The number of esters is 1. The number of Topliss-reactive ketones (excluding diaryl/α,β-unsaturated/α-hetero) is 1. The molecule has 4 nitrogen and oxygen atoms in total. The van der Waals surface area contributed by atoms with Crippen molar-refractivity contribution in [2.75, 3.05) is 14.2 Å². The molecule has 0 aliphatic carbocycles. The van der Waals surface area contributed by atoms with Gasteiger partial charge in [0.05, 0.1) is 14.2 Å². The van der Waals surface area contributed by atoms with E-state index in [0.717, 1.165) is 14.9 Å². The molecular formula is C19H19IO4. The Morgan fingerprint density at radius 1 is 0.958 bits per heavy atom. The van der Waals surface area contributed by atoms with Crippen molar-refractivity contribution in [2.24, 2.45) is 0 Å². The van der Waals surface area contributed by atoms with E-state index in [1.54, 1.807) is 7.11 Å². The largest absolute Gasteiger partial charge is 0.497 e. The molecule has 0 heterocycles. The highest BCUT2D eigenvalue weighted by molar-refractivity contribution is 14.2. The van der Waals surface area contributed by atoms with Gasteiger partial charge in [-0.05, 0) is 36.2 Å². The number of hydrogen-bond acceptors (Lipinski definition) is 4. The van der Waals surface area contributed by atoms with Crippen molar-refractivity contribution in [3.8, 4) is 5.75 Å². The van der Waals surface area contributed by atoms with Crippen LogP contribution in [0.5, 0.6) is 5.75 Å². The van der Waals surface area contributed by atoms with Gasteiger partial charge in [0.2, 0.25) is 0 Å². The molecule has 2 rings (SSSR count). The SMILES string of the molecule is COC(=O)C(=Ic1ccccc1)C(=O)CCc1ccc(OC)cc1. The van der Waals surface area contributed by atoms with Crippen LogP contribution in [0.3, 0.4) is 0 Å². The van der Waals surface area contributed by atoms with Crippen molar-refractivity contribution in [1.29, 1.82) is 0 Å². The number of rotatable bonds is 7. The molecule has 5 heteroatoms. The molecule has 0 saturated heterocycles. The zero-order chi connectivity index (χ0) is 17.4. The predicted octanol–water partition coefficient (Wildman–Crippen LogP) is 3.38. The Hall–Kier alpha value is -2.02. The maximum atomic E-state index is 12.5. The summed E-state index contributed by atoms with van der Waals surface area (Å²) in [5.74, 6) is 0.141. The predicted molar refractivity (Wildman–Crippen MR) is 103 cm³/mol. The molecule has 0 atom stereocenters. The van der Waals surface area contributed by atoms with Gasteiger partial charge in [0.1, 0.15) is 9.26 Å². The Kier molecular flexibility index (Phi) is 7.11. The number of ether oxygens (including phenoxy) is 2. The first-order valence-corrected chi connectivity index (χ1v) is 9.61. The molecule has 0 amide bonds. The number of benzene rings is 2. The fraction of sp³-hybridized carbons (Fsp3) is 0.211. The van der Waals surface area contributed by atoms with Crippen molar-refractivity contribution >= 4 is 36.0 Å². The fourth-order valence-electron chi connectivity index (χ4n) is 2.04. The second kappa shape index (κ2) is 9.32. The van der Waals surface area contributed by atoms with E-state index in [9.17, 15) is 9.59 Å². The lowest BCUT2D eigenvalue weighted by atomic mass is 10.1. The van der Waals surface area contributed by atoms with Crippen LogP contribution in [0.25, 0.3) is 0 Å². The molecule has 126 valence electrons. The van der Waals surface area contributed by atoms with Crippen LogP contribution in [0.4, 0.5) is 0 Å². The second-order valence-electron chi connectivity index (χ2n) is 4.97. The van der Waals surface area contributed by atoms with Gasteiger partial charge < -0.3 is 9.47 Å². The van der Waals surface area contributed by atoms with Gasteiger partial charge in [-0.3, -0.25) is 4.79 Å². The summed E-state index contributed by atoms with van der Waals surface area (Å²) in [6.07, 6.45) is 0.880. The Bertz CT molecular complexity index is 721. The van der Waals surface area contributed by atoms with E-state index in [2.05, 4.69) is 0 Å². The summed E-state index contributed by atoms with van der Waals surface area (Å²) in [5.41, 5.74) is 1.03. The maximum absolute atomic E-state index is 12.5. The Morgan fingerprint density at radius 3 is 2.21 bits per heavy atom. The molecule has 0 bridgehead atoms. The van der Waals surface area contributed by atoms with Gasteiger partial charge in [-0.1, -0.05) is 51.1 Å². The molecule has 0 unspecified atom stereocenters. The molecule has 0 aliphatic rings. The van der Waals surface area contributed by atoms with E-state index < -0.39 is 26.7 Å². The monoisotopic (exact) mass is 438 g/mol. The molecule has 0 fully saturated rings. The number of carbonyl (C=O) groups excluding carboxylic acids is 2. The van der Waals surface area contributed by atoms with E-state index in [-0.39, 0.29) is 5.78 Å². The third-order valence-corrected chi connectivity index (χ3v) is 6.27. The van der Waals surface area contributed by atoms with E-state index in [0.29, 0.717) is 16.4 Å². The first kappa shape index (κ1) is 18.3. The van der Waals surface area contributed by atoms with Crippen LogP contribution in [0.2, 0.25) is 0 Å². The van der Waals surface area contributed by atoms with Crippen molar-refractivity contribution in [2.45, 2.75) is 12.8 Å². The van der Waals surface area contributed by atoms with E-state index in [4.69, 9.17) is 9.47 Å². The highest BCUT2D eigenvalue weighted by Gasteiger charge is 2.19. The van der Waals surface area contributed by atoms with E-state index in [1.807, 2.05) is 54.6 Å².